The molecule has 0 saturated carbocycles. The van der Waals surface area contributed by atoms with E-state index in [1.165, 1.54) is 24.5 Å². The highest BCUT2D eigenvalue weighted by Crippen LogP contribution is 2.16. The lowest BCUT2D eigenvalue weighted by Gasteiger charge is -2.06. The predicted octanol–water partition coefficient (Wildman–Crippen LogP) is 3.03. The van der Waals surface area contributed by atoms with Crippen LogP contribution in [-0.2, 0) is 0 Å². The maximum atomic E-state index is 13.3. The predicted molar refractivity (Wildman–Crippen MR) is 65.8 cm³/mol. The highest BCUT2D eigenvalue weighted by atomic mass is 35.5. The number of anilines is 1. The summed E-state index contributed by atoms with van der Waals surface area (Å²) in [6.07, 6.45) is 2.88. The maximum Gasteiger partial charge on any atom is 0.255 e. The van der Waals surface area contributed by atoms with Gasteiger partial charge in [-0.15, -0.1) is 12.4 Å². The second-order valence-electron chi connectivity index (χ2n) is 3.31. The molecule has 0 aliphatic rings. The van der Waals surface area contributed by atoms with E-state index in [-0.39, 0.29) is 18.1 Å². The van der Waals surface area contributed by atoms with Crippen LogP contribution in [0.15, 0.2) is 42.7 Å². The summed E-state index contributed by atoms with van der Waals surface area (Å²) in [5.74, 6) is -1.82. The SMILES string of the molecule is Cl.O=C(Nc1cc(F)ccc1F)c1ccncc1. The third-order valence-corrected chi connectivity index (χ3v) is 2.12. The van der Waals surface area contributed by atoms with Crippen LogP contribution in [0.3, 0.4) is 0 Å². The van der Waals surface area contributed by atoms with E-state index in [4.69, 9.17) is 0 Å². The molecule has 3 nitrogen and oxygen atoms in total. The fourth-order valence-corrected chi connectivity index (χ4v) is 1.29. The van der Waals surface area contributed by atoms with Crippen molar-refractivity contribution >= 4 is 24.0 Å². The van der Waals surface area contributed by atoms with Gasteiger partial charge in [0.05, 0.1) is 5.69 Å². The zero-order chi connectivity index (χ0) is 12.3. The van der Waals surface area contributed by atoms with E-state index >= 15 is 0 Å². The lowest BCUT2D eigenvalue weighted by Crippen LogP contribution is -2.13. The molecule has 1 heterocycles. The van der Waals surface area contributed by atoms with Crippen molar-refractivity contribution in [1.82, 2.24) is 4.98 Å². The zero-order valence-corrected chi connectivity index (χ0v) is 9.88. The second-order valence-corrected chi connectivity index (χ2v) is 3.31. The first-order valence-electron chi connectivity index (χ1n) is 4.83. The Morgan fingerprint density at radius 2 is 1.78 bits per heavy atom. The van der Waals surface area contributed by atoms with Gasteiger partial charge in [-0.2, -0.15) is 0 Å². The highest BCUT2D eigenvalue weighted by molar-refractivity contribution is 6.04. The molecule has 0 aliphatic heterocycles. The average molecular weight is 271 g/mol. The Morgan fingerprint density at radius 1 is 1.11 bits per heavy atom. The van der Waals surface area contributed by atoms with Crippen molar-refractivity contribution in [3.63, 3.8) is 0 Å². The normalized spacial score (nSPS) is 9.44. The molecule has 1 aromatic carbocycles. The van der Waals surface area contributed by atoms with Gasteiger partial charge in [0.15, 0.2) is 0 Å². The molecule has 0 radical (unpaired) electrons. The zero-order valence-electron chi connectivity index (χ0n) is 9.06. The van der Waals surface area contributed by atoms with Gasteiger partial charge in [0, 0.05) is 24.0 Å². The Hall–Kier alpha value is -2.01. The number of carbonyl (C=O) groups is 1. The van der Waals surface area contributed by atoms with E-state index in [0.717, 1.165) is 18.2 Å². The minimum atomic E-state index is -0.686. The van der Waals surface area contributed by atoms with E-state index in [9.17, 15) is 13.6 Å². The Labute approximate surface area is 108 Å². The first-order valence-corrected chi connectivity index (χ1v) is 4.83. The number of hydrogen-bond acceptors (Lipinski definition) is 2. The van der Waals surface area contributed by atoms with E-state index in [2.05, 4.69) is 10.3 Å². The molecule has 0 aliphatic carbocycles. The summed E-state index contributed by atoms with van der Waals surface area (Å²) in [7, 11) is 0. The molecule has 0 unspecified atom stereocenters. The minimum Gasteiger partial charge on any atom is -0.319 e. The lowest BCUT2D eigenvalue weighted by molar-refractivity contribution is 0.102. The van der Waals surface area contributed by atoms with Gasteiger partial charge < -0.3 is 5.32 Å². The number of nitrogens with one attached hydrogen (secondary N) is 1. The standard InChI is InChI=1S/C12H8F2N2O.ClH/c13-9-1-2-10(14)11(7-9)16-12(17)8-3-5-15-6-4-8;/h1-7H,(H,16,17);1H. The van der Waals surface area contributed by atoms with Crippen LogP contribution in [0, 0.1) is 11.6 Å². The number of benzene rings is 1. The summed E-state index contributed by atoms with van der Waals surface area (Å²) < 4.78 is 26.1. The molecule has 0 atom stereocenters. The van der Waals surface area contributed by atoms with Crippen molar-refractivity contribution in [2.45, 2.75) is 0 Å². The summed E-state index contributed by atoms with van der Waals surface area (Å²) in [4.78, 5) is 15.4. The van der Waals surface area contributed by atoms with E-state index in [1.807, 2.05) is 0 Å². The van der Waals surface area contributed by atoms with Crippen molar-refractivity contribution in [2.24, 2.45) is 0 Å². The van der Waals surface area contributed by atoms with Crippen molar-refractivity contribution in [3.05, 3.63) is 59.9 Å². The molecule has 0 fully saturated rings. The first kappa shape index (κ1) is 14.1. The Morgan fingerprint density at radius 3 is 2.44 bits per heavy atom. The second kappa shape index (κ2) is 6.07. The molecule has 18 heavy (non-hydrogen) atoms. The number of aromatic nitrogens is 1. The lowest BCUT2D eigenvalue weighted by atomic mass is 10.2. The van der Waals surface area contributed by atoms with Gasteiger partial charge in [0.25, 0.3) is 5.91 Å². The van der Waals surface area contributed by atoms with Gasteiger partial charge in [-0.3, -0.25) is 9.78 Å². The largest absolute Gasteiger partial charge is 0.319 e. The third kappa shape index (κ3) is 3.24. The fourth-order valence-electron chi connectivity index (χ4n) is 1.29. The molecule has 0 bridgehead atoms. The molecule has 0 spiro atoms. The number of pyridine rings is 1. The molecule has 1 amide bonds. The molecule has 1 N–H and O–H groups in total. The van der Waals surface area contributed by atoms with Gasteiger partial charge in [0.1, 0.15) is 11.6 Å². The molecule has 1 aromatic heterocycles. The number of amides is 1. The van der Waals surface area contributed by atoms with E-state index in [1.54, 1.807) is 0 Å². The summed E-state index contributed by atoms with van der Waals surface area (Å²) in [6, 6.07) is 5.82. The Bertz CT molecular complexity index is 549. The molecule has 6 heteroatoms. The van der Waals surface area contributed by atoms with Crippen LogP contribution < -0.4 is 5.32 Å². The van der Waals surface area contributed by atoms with Crippen molar-refractivity contribution in [3.8, 4) is 0 Å². The Balaban J connectivity index is 0.00000162. The van der Waals surface area contributed by atoms with Crippen LogP contribution in [0.2, 0.25) is 0 Å². The quantitative estimate of drug-likeness (QED) is 0.911. The molecule has 2 aromatic rings. The van der Waals surface area contributed by atoms with E-state index < -0.39 is 17.5 Å². The number of halogens is 3. The van der Waals surface area contributed by atoms with Crippen LogP contribution >= 0.6 is 12.4 Å². The number of hydrogen-bond donors (Lipinski definition) is 1. The topological polar surface area (TPSA) is 42.0 Å². The van der Waals surface area contributed by atoms with Crippen molar-refractivity contribution in [1.29, 1.82) is 0 Å². The third-order valence-electron chi connectivity index (χ3n) is 2.12. The first-order chi connectivity index (χ1) is 8.16. The molecule has 94 valence electrons. The summed E-state index contributed by atoms with van der Waals surface area (Å²) >= 11 is 0. The average Bonchev–Trinajstić information content (AvgIpc) is 2.35. The van der Waals surface area contributed by atoms with Crippen LogP contribution in [0.4, 0.5) is 14.5 Å². The van der Waals surface area contributed by atoms with E-state index in [0.29, 0.717) is 5.56 Å². The van der Waals surface area contributed by atoms with Gasteiger partial charge >= 0.3 is 0 Å². The van der Waals surface area contributed by atoms with Crippen LogP contribution in [0.25, 0.3) is 0 Å². The Kier molecular flexibility index (Phi) is 4.74. The van der Waals surface area contributed by atoms with Gasteiger partial charge in [-0.25, -0.2) is 8.78 Å². The van der Waals surface area contributed by atoms with Gasteiger partial charge in [0.2, 0.25) is 0 Å². The van der Waals surface area contributed by atoms with Crippen molar-refractivity contribution < 1.29 is 13.6 Å². The molecular formula is C12H9ClF2N2O. The number of nitrogens with zero attached hydrogens (tertiary/aromatic N) is 1. The van der Waals surface area contributed by atoms with Gasteiger partial charge in [-0.1, -0.05) is 0 Å². The molecule has 2 rings (SSSR count). The smallest absolute Gasteiger partial charge is 0.255 e. The number of carbonyl (C=O) groups excluding carboxylic acids is 1. The molecule has 0 saturated heterocycles. The monoisotopic (exact) mass is 270 g/mol. The number of rotatable bonds is 2. The summed E-state index contributed by atoms with van der Waals surface area (Å²) in [5, 5.41) is 2.29. The summed E-state index contributed by atoms with van der Waals surface area (Å²) in [6.45, 7) is 0. The van der Waals surface area contributed by atoms with Crippen LogP contribution in [-0.4, -0.2) is 10.9 Å². The van der Waals surface area contributed by atoms with Crippen molar-refractivity contribution in [2.75, 3.05) is 5.32 Å². The summed E-state index contributed by atoms with van der Waals surface area (Å²) in [5.41, 5.74) is 0.135. The highest BCUT2D eigenvalue weighted by Gasteiger charge is 2.09. The van der Waals surface area contributed by atoms with Gasteiger partial charge in [-0.05, 0) is 24.3 Å². The van der Waals surface area contributed by atoms with Crippen LogP contribution in [0.5, 0.6) is 0 Å². The fraction of sp³-hybridized carbons (Fsp3) is 0. The maximum absolute atomic E-state index is 13.3. The molecular weight excluding hydrogens is 262 g/mol. The minimum absolute atomic E-state index is 0. The van der Waals surface area contributed by atoms with Crippen LogP contribution in [0.1, 0.15) is 10.4 Å².